The van der Waals surface area contributed by atoms with Crippen LogP contribution in [0, 0.1) is 0 Å². The molecular weight excluding hydrogens is 386 g/mol. The normalized spacial score (nSPS) is 14.1. The average molecular weight is 410 g/mol. The number of carbonyl (C=O) groups excluding carboxylic acids is 1. The van der Waals surface area contributed by atoms with E-state index in [0.717, 1.165) is 55.6 Å². The van der Waals surface area contributed by atoms with E-state index in [2.05, 4.69) is 9.88 Å². The Morgan fingerprint density at radius 3 is 2.48 bits per heavy atom. The van der Waals surface area contributed by atoms with E-state index in [1.807, 2.05) is 30.3 Å². The predicted octanol–water partition coefficient (Wildman–Crippen LogP) is 3.93. The van der Waals surface area contributed by atoms with Crippen molar-refractivity contribution in [3.8, 4) is 11.4 Å². The molecule has 1 amide bonds. The first kappa shape index (κ1) is 19.4. The van der Waals surface area contributed by atoms with E-state index < -0.39 is 9.84 Å². The zero-order chi connectivity index (χ0) is 20.4. The summed E-state index contributed by atoms with van der Waals surface area (Å²) in [7, 11) is -3.46. The molecule has 1 aromatic heterocycles. The van der Waals surface area contributed by atoms with Crippen LogP contribution in [0.4, 0.5) is 5.69 Å². The molecule has 6 nitrogen and oxygen atoms in total. The number of fused-ring (bicyclic) bond motifs is 1. The fraction of sp³-hybridized carbons (Fsp3) is 0.273. The summed E-state index contributed by atoms with van der Waals surface area (Å²) in [5.41, 5.74) is 2.52. The molecule has 0 saturated heterocycles. The van der Waals surface area contributed by atoms with E-state index in [0.29, 0.717) is 5.69 Å². The van der Waals surface area contributed by atoms with Crippen LogP contribution in [0.3, 0.4) is 0 Å². The summed E-state index contributed by atoms with van der Waals surface area (Å²) in [5, 5.41) is 2.77. The number of amides is 1. The van der Waals surface area contributed by atoms with E-state index in [4.69, 9.17) is 4.98 Å². The lowest BCUT2D eigenvalue weighted by molar-refractivity contribution is 0.102. The molecule has 0 unspecified atom stereocenters. The molecule has 0 fully saturated rings. The Balaban J connectivity index is 1.76. The quantitative estimate of drug-likeness (QED) is 0.708. The van der Waals surface area contributed by atoms with Gasteiger partial charge in [-0.05, 0) is 31.4 Å². The van der Waals surface area contributed by atoms with Gasteiger partial charge in [-0.3, -0.25) is 4.79 Å². The minimum atomic E-state index is -3.46. The Morgan fingerprint density at radius 2 is 1.72 bits per heavy atom. The monoisotopic (exact) mass is 409 g/mol. The van der Waals surface area contributed by atoms with Gasteiger partial charge in [0.05, 0.1) is 16.3 Å². The van der Waals surface area contributed by atoms with Crippen molar-refractivity contribution in [1.82, 2.24) is 9.55 Å². The second kappa shape index (κ2) is 7.83. The lowest BCUT2D eigenvalue weighted by atomic mass is 10.1. The summed E-state index contributed by atoms with van der Waals surface area (Å²) >= 11 is 0. The summed E-state index contributed by atoms with van der Waals surface area (Å²) in [6.45, 7) is 0.819. The van der Waals surface area contributed by atoms with E-state index in [1.165, 1.54) is 6.07 Å². The van der Waals surface area contributed by atoms with Crippen molar-refractivity contribution in [3.63, 3.8) is 0 Å². The van der Waals surface area contributed by atoms with Crippen molar-refractivity contribution in [2.75, 3.05) is 11.6 Å². The van der Waals surface area contributed by atoms with E-state index in [9.17, 15) is 13.2 Å². The van der Waals surface area contributed by atoms with Crippen LogP contribution in [0.25, 0.3) is 11.4 Å². The van der Waals surface area contributed by atoms with Gasteiger partial charge in [0, 0.05) is 18.4 Å². The fourth-order valence-corrected chi connectivity index (χ4v) is 4.63. The number of aromatic nitrogens is 2. The van der Waals surface area contributed by atoms with Crippen LogP contribution < -0.4 is 5.32 Å². The van der Waals surface area contributed by atoms with Crippen LogP contribution in [0.2, 0.25) is 0 Å². The first-order valence-electron chi connectivity index (χ1n) is 9.70. The van der Waals surface area contributed by atoms with Gasteiger partial charge in [-0.2, -0.15) is 0 Å². The first-order valence-corrected chi connectivity index (χ1v) is 11.6. The number of benzene rings is 2. The van der Waals surface area contributed by atoms with Gasteiger partial charge < -0.3 is 9.88 Å². The predicted molar refractivity (Wildman–Crippen MR) is 113 cm³/mol. The molecule has 0 bridgehead atoms. The Hall–Kier alpha value is -2.93. The molecular formula is C22H23N3O3S. The zero-order valence-electron chi connectivity index (χ0n) is 16.3. The molecule has 0 aliphatic carbocycles. The molecule has 29 heavy (non-hydrogen) atoms. The van der Waals surface area contributed by atoms with Crippen molar-refractivity contribution in [1.29, 1.82) is 0 Å². The Bertz CT molecular complexity index is 1150. The molecule has 1 aliphatic rings. The van der Waals surface area contributed by atoms with Crippen molar-refractivity contribution in [2.45, 2.75) is 37.1 Å². The van der Waals surface area contributed by atoms with Crippen LogP contribution in [0.5, 0.6) is 0 Å². The number of hydrogen-bond donors (Lipinski definition) is 1. The highest BCUT2D eigenvalue weighted by atomic mass is 32.2. The number of rotatable bonds is 4. The van der Waals surface area contributed by atoms with Gasteiger partial charge in [-0.1, -0.05) is 48.9 Å². The second-order valence-electron chi connectivity index (χ2n) is 7.28. The highest BCUT2D eigenvalue weighted by Gasteiger charge is 2.25. The largest absolute Gasteiger partial charge is 0.327 e. The van der Waals surface area contributed by atoms with Crippen LogP contribution in [0.1, 0.15) is 35.4 Å². The van der Waals surface area contributed by atoms with Gasteiger partial charge in [0.1, 0.15) is 11.5 Å². The van der Waals surface area contributed by atoms with E-state index >= 15 is 0 Å². The molecule has 2 heterocycles. The molecule has 4 rings (SSSR count). The Labute approximate surface area is 170 Å². The minimum absolute atomic E-state index is 0.0990. The van der Waals surface area contributed by atoms with Gasteiger partial charge in [-0.15, -0.1) is 0 Å². The standard InChI is InChI=1S/C22H23N3O3S/c1-29(27,28)19-14-8-7-12-17(19)23-22(26)20-18-13-6-3-9-15-25(18)21(24-20)16-10-4-2-5-11-16/h2,4-5,7-8,10-12,14H,3,6,9,13,15H2,1H3,(H,23,26). The topological polar surface area (TPSA) is 81.1 Å². The highest BCUT2D eigenvalue weighted by molar-refractivity contribution is 7.90. The Kier molecular flexibility index (Phi) is 5.24. The van der Waals surface area contributed by atoms with Crippen molar-refractivity contribution < 1.29 is 13.2 Å². The zero-order valence-corrected chi connectivity index (χ0v) is 17.1. The first-order chi connectivity index (χ1) is 13.9. The smallest absolute Gasteiger partial charge is 0.276 e. The third-order valence-electron chi connectivity index (χ3n) is 5.15. The third kappa shape index (κ3) is 3.96. The molecule has 150 valence electrons. The number of para-hydroxylation sites is 1. The lowest BCUT2D eigenvalue weighted by Crippen LogP contribution is -2.17. The summed E-state index contributed by atoms with van der Waals surface area (Å²) in [5.74, 6) is 0.401. The SMILES string of the molecule is CS(=O)(=O)c1ccccc1NC(=O)c1nc(-c2ccccc2)n2c1CCCCC2. The number of hydrogen-bond acceptors (Lipinski definition) is 4. The highest BCUT2D eigenvalue weighted by Crippen LogP contribution is 2.28. The maximum atomic E-state index is 13.1. The Morgan fingerprint density at radius 1 is 1.00 bits per heavy atom. The van der Waals surface area contributed by atoms with Crippen LogP contribution in [-0.2, 0) is 22.8 Å². The third-order valence-corrected chi connectivity index (χ3v) is 6.30. The summed E-state index contributed by atoms with van der Waals surface area (Å²) in [4.78, 5) is 17.9. The fourth-order valence-electron chi connectivity index (χ4n) is 3.78. The average Bonchev–Trinajstić information content (AvgIpc) is 2.89. The number of anilines is 1. The number of sulfone groups is 1. The molecule has 0 spiro atoms. The molecule has 0 saturated carbocycles. The van der Waals surface area contributed by atoms with Crippen LogP contribution >= 0.6 is 0 Å². The molecule has 7 heteroatoms. The molecule has 0 radical (unpaired) electrons. The van der Waals surface area contributed by atoms with Crippen LogP contribution in [-0.4, -0.2) is 30.1 Å². The van der Waals surface area contributed by atoms with E-state index in [-0.39, 0.29) is 16.5 Å². The van der Waals surface area contributed by atoms with Crippen molar-refractivity contribution in [3.05, 3.63) is 66.0 Å². The molecule has 2 aromatic carbocycles. The number of nitrogens with zero attached hydrogens (tertiary/aromatic N) is 2. The van der Waals surface area contributed by atoms with Crippen molar-refractivity contribution >= 4 is 21.4 Å². The summed E-state index contributed by atoms with van der Waals surface area (Å²) < 4.78 is 26.3. The van der Waals surface area contributed by atoms with Gasteiger partial charge in [-0.25, -0.2) is 13.4 Å². The molecule has 1 N–H and O–H groups in total. The second-order valence-corrected chi connectivity index (χ2v) is 9.27. The maximum Gasteiger partial charge on any atom is 0.276 e. The molecule has 0 atom stereocenters. The van der Waals surface area contributed by atoms with Gasteiger partial charge in [0.25, 0.3) is 5.91 Å². The van der Waals surface area contributed by atoms with Gasteiger partial charge >= 0.3 is 0 Å². The lowest BCUT2D eigenvalue weighted by Gasteiger charge is -2.10. The summed E-state index contributed by atoms with van der Waals surface area (Å²) in [6.07, 6.45) is 5.06. The number of carbonyl (C=O) groups is 1. The number of nitrogens with one attached hydrogen (secondary N) is 1. The van der Waals surface area contributed by atoms with E-state index in [1.54, 1.807) is 18.2 Å². The van der Waals surface area contributed by atoms with Crippen molar-refractivity contribution in [2.24, 2.45) is 0 Å². The minimum Gasteiger partial charge on any atom is -0.327 e. The van der Waals surface area contributed by atoms with Gasteiger partial charge in [0.2, 0.25) is 0 Å². The molecule has 3 aromatic rings. The summed E-state index contributed by atoms with van der Waals surface area (Å²) in [6, 6.07) is 16.3. The maximum absolute atomic E-state index is 13.1. The van der Waals surface area contributed by atoms with Gasteiger partial charge in [0.15, 0.2) is 9.84 Å². The molecule has 1 aliphatic heterocycles. The number of imidazole rings is 1. The van der Waals surface area contributed by atoms with Crippen LogP contribution in [0.15, 0.2) is 59.5 Å².